The molecule has 0 aliphatic carbocycles. The largest absolute Gasteiger partial charge is 0.308 e. The van der Waals surface area contributed by atoms with Crippen LogP contribution in [0.4, 0.5) is 14.6 Å². The van der Waals surface area contributed by atoms with Gasteiger partial charge in [-0.2, -0.15) is 5.10 Å². The molecule has 2 rings (SSSR count). The summed E-state index contributed by atoms with van der Waals surface area (Å²) in [4.78, 5) is 11.7. The van der Waals surface area contributed by atoms with E-state index in [0.717, 1.165) is 24.1 Å². The first kappa shape index (κ1) is 14.8. The Morgan fingerprint density at radius 2 is 2.44 bits per heavy atom. The van der Waals surface area contributed by atoms with Gasteiger partial charge in [0, 0.05) is 12.3 Å². The standard InChI is InChI=1S/C10H14F2N4O.ClH/c11-8(12)6-16-5-3-9(15-16)14-10(17)7-2-1-4-13-7;/h3,5,7-8,13H,1-2,4,6H2,(H,14,15,17);1H. The van der Waals surface area contributed by atoms with Gasteiger partial charge in [0.05, 0.1) is 6.04 Å². The van der Waals surface area contributed by atoms with Gasteiger partial charge in [-0.15, -0.1) is 12.4 Å². The highest BCUT2D eigenvalue weighted by atomic mass is 35.5. The maximum atomic E-state index is 12.1. The second-order valence-corrected chi connectivity index (χ2v) is 3.95. The van der Waals surface area contributed by atoms with Gasteiger partial charge in [0.15, 0.2) is 5.82 Å². The summed E-state index contributed by atoms with van der Waals surface area (Å²) < 4.78 is 25.3. The number of rotatable bonds is 4. The molecule has 1 atom stereocenters. The third kappa shape index (κ3) is 3.92. The lowest BCUT2D eigenvalue weighted by Gasteiger charge is -2.08. The van der Waals surface area contributed by atoms with Gasteiger partial charge in [-0.05, 0) is 19.4 Å². The average molecular weight is 281 g/mol. The number of anilines is 1. The molecular formula is C10H15ClF2N4O. The number of carbonyl (C=O) groups is 1. The van der Waals surface area contributed by atoms with Gasteiger partial charge in [0.25, 0.3) is 6.43 Å². The Morgan fingerprint density at radius 3 is 3.06 bits per heavy atom. The highest BCUT2D eigenvalue weighted by Gasteiger charge is 2.22. The zero-order valence-corrected chi connectivity index (χ0v) is 10.4. The van der Waals surface area contributed by atoms with Gasteiger partial charge in [-0.3, -0.25) is 9.48 Å². The lowest BCUT2D eigenvalue weighted by Crippen LogP contribution is -2.35. The molecule has 0 radical (unpaired) electrons. The molecule has 2 heterocycles. The molecular weight excluding hydrogens is 266 g/mol. The summed E-state index contributed by atoms with van der Waals surface area (Å²) in [5.74, 6) is 0.147. The summed E-state index contributed by atoms with van der Waals surface area (Å²) in [5.41, 5.74) is 0. The van der Waals surface area contributed by atoms with E-state index in [9.17, 15) is 13.6 Å². The second kappa shape index (κ2) is 6.65. The minimum Gasteiger partial charge on any atom is -0.308 e. The predicted octanol–water partition coefficient (Wildman–Crippen LogP) is 1.26. The molecule has 1 aliphatic heterocycles. The van der Waals surface area contributed by atoms with E-state index in [1.54, 1.807) is 0 Å². The molecule has 0 saturated carbocycles. The summed E-state index contributed by atoms with van der Waals surface area (Å²) in [7, 11) is 0. The molecule has 1 aromatic heterocycles. The van der Waals surface area contributed by atoms with E-state index < -0.39 is 13.0 Å². The molecule has 1 unspecified atom stereocenters. The fourth-order valence-electron chi connectivity index (χ4n) is 1.79. The fourth-order valence-corrected chi connectivity index (χ4v) is 1.79. The van der Waals surface area contributed by atoms with Crippen molar-refractivity contribution in [3.63, 3.8) is 0 Å². The first-order chi connectivity index (χ1) is 8.15. The minimum absolute atomic E-state index is 0. The van der Waals surface area contributed by atoms with Crippen molar-refractivity contribution in [2.24, 2.45) is 0 Å². The molecule has 102 valence electrons. The van der Waals surface area contributed by atoms with E-state index in [0.29, 0.717) is 5.82 Å². The van der Waals surface area contributed by atoms with Gasteiger partial charge in [-0.1, -0.05) is 0 Å². The van der Waals surface area contributed by atoms with Crippen LogP contribution < -0.4 is 10.6 Å². The smallest absolute Gasteiger partial charge is 0.257 e. The van der Waals surface area contributed by atoms with Crippen LogP contribution in [0.15, 0.2) is 12.3 Å². The third-order valence-corrected chi connectivity index (χ3v) is 2.59. The Kier molecular flexibility index (Phi) is 5.49. The second-order valence-electron chi connectivity index (χ2n) is 3.95. The van der Waals surface area contributed by atoms with Crippen molar-refractivity contribution in [2.45, 2.75) is 31.9 Å². The van der Waals surface area contributed by atoms with Gasteiger partial charge in [0.2, 0.25) is 5.91 Å². The third-order valence-electron chi connectivity index (χ3n) is 2.59. The summed E-state index contributed by atoms with van der Waals surface area (Å²) in [6.45, 7) is 0.370. The van der Waals surface area contributed by atoms with Crippen LogP contribution in [0.3, 0.4) is 0 Å². The molecule has 2 N–H and O–H groups in total. The van der Waals surface area contributed by atoms with Gasteiger partial charge < -0.3 is 10.6 Å². The van der Waals surface area contributed by atoms with Gasteiger partial charge in [0.1, 0.15) is 6.54 Å². The van der Waals surface area contributed by atoms with Gasteiger partial charge in [-0.25, -0.2) is 8.78 Å². The van der Waals surface area contributed by atoms with Crippen LogP contribution in [0.5, 0.6) is 0 Å². The lowest BCUT2D eigenvalue weighted by atomic mass is 10.2. The van der Waals surface area contributed by atoms with Crippen LogP contribution in [-0.4, -0.2) is 34.7 Å². The predicted molar refractivity (Wildman–Crippen MR) is 65.1 cm³/mol. The van der Waals surface area contributed by atoms with E-state index in [1.165, 1.54) is 12.3 Å². The molecule has 5 nitrogen and oxygen atoms in total. The Morgan fingerprint density at radius 1 is 1.67 bits per heavy atom. The fraction of sp³-hybridized carbons (Fsp3) is 0.600. The monoisotopic (exact) mass is 280 g/mol. The van der Waals surface area contributed by atoms with E-state index in [2.05, 4.69) is 15.7 Å². The van der Waals surface area contributed by atoms with Crippen molar-refractivity contribution in [1.29, 1.82) is 0 Å². The number of carbonyl (C=O) groups excluding carboxylic acids is 1. The van der Waals surface area contributed by atoms with Crippen molar-refractivity contribution < 1.29 is 13.6 Å². The van der Waals surface area contributed by atoms with Crippen LogP contribution in [0.1, 0.15) is 12.8 Å². The minimum atomic E-state index is -2.45. The SMILES string of the molecule is Cl.O=C(Nc1ccn(CC(F)F)n1)C1CCCN1. The molecule has 0 spiro atoms. The highest BCUT2D eigenvalue weighted by molar-refractivity contribution is 5.94. The number of aromatic nitrogens is 2. The molecule has 1 aromatic rings. The number of alkyl halides is 2. The highest BCUT2D eigenvalue weighted by Crippen LogP contribution is 2.09. The average Bonchev–Trinajstić information content (AvgIpc) is 2.87. The molecule has 1 amide bonds. The normalized spacial score (nSPS) is 18.7. The van der Waals surface area contributed by atoms with Crippen LogP contribution in [0, 0.1) is 0 Å². The Balaban J connectivity index is 0.00000162. The number of hydrogen-bond acceptors (Lipinski definition) is 3. The van der Waals surface area contributed by atoms with Crippen LogP contribution in [-0.2, 0) is 11.3 Å². The van der Waals surface area contributed by atoms with E-state index in [1.807, 2.05) is 0 Å². The van der Waals surface area contributed by atoms with Crippen molar-refractivity contribution in [3.05, 3.63) is 12.3 Å². The molecule has 18 heavy (non-hydrogen) atoms. The topological polar surface area (TPSA) is 59.0 Å². The molecule has 0 bridgehead atoms. The number of nitrogens with zero attached hydrogens (tertiary/aromatic N) is 2. The molecule has 1 aliphatic rings. The van der Waals surface area contributed by atoms with E-state index in [4.69, 9.17) is 0 Å². The molecule has 1 fully saturated rings. The van der Waals surface area contributed by atoms with E-state index in [-0.39, 0.29) is 24.4 Å². The summed E-state index contributed by atoms with van der Waals surface area (Å²) >= 11 is 0. The van der Waals surface area contributed by atoms with Crippen molar-refractivity contribution in [2.75, 3.05) is 11.9 Å². The Bertz CT molecular complexity index is 393. The Labute approximate surface area is 109 Å². The number of nitrogens with one attached hydrogen (secondary N) is 2. The molecule has 0 aromatic carbocycles. The maximum Gasteiger partial charge on any atom is 0.257 e. The quantitative estimate of drug-likeness (QED) is 0.873. The molecule has 8 heteroatoms. The lowest BCUT2D eigenvalue weighted by molar-refractivity contribution is -0.117. The van der Waals surface area contributed by atoms with Crippen molar-refractivity contribution >= 4 is 24.1 Å². The van der Waals surface area contributed by atoms with Crippen LogP contribution >= 0.6 is 12.4 Å². The first-order valence-electron chi connectivity index (χ1n) is 5.51. The van der Waals surface area contributed by atoms with Crippen LogP contribution in [0.2, 0.25) is 0 Å². The van der Waals surface area contributed by atoms with E-state index >= 15 is 0 Å². The molecule has 1 saturated heterocycles. The van der Waals surface area contributed by atoms with Crippen molar-refractivity contribution in [1.82, 2.24) is 15.1 Å². The zero-order valence-electron chi connectivity index (χ0n) is 9.60. The number of amides is 1. The first-order valence-corrected chi connectivity index (χ1v) is 5.51. The van der Waals surface area contributed by atoms with Crippen LogP contribution in [0.25, 0.3) is 0 Å². The Hall–Kier alpha value is -1.21. The summed E-state index contributed by atoms with van der Waals surface area (Å²) in [6, 6.07) is 1.31. The summed E-state index contributed by atoms with van der Waals surface area (Å²) in [6.07, 6.45) is 0.737. The van der Waals surface area contributed by atoms with Gasteiger partial charge >= 0.3 is 0 Å². The zero-order chi connectivity index (χ0) is 12.3. The number of hydrogen-bond donors (Lipinski definition) is 2. The van der Waals surface area contributed by atoms with Crippen molar-refractivity contribution in [3.8, 4) is 0 Å². The number of halogens is 3. The summed E-state index contributed by atoms with van der Waals surface area (Å²) in [5, 5.41) is 9.49. The maximum absolute atomic E-state index is 12.1.